The molecule has 2 aromatic carbocycles. The smallest absolute Gasteiger partial charge is 0.286 e. The van der Waals surface area contributed by atoms with E-state index >= 15 is 0 Å². The highest BCUT2D eigenvalue weighted by Gasteiger charge is 2.33. The van der Waals surface area contributed by atoms with Gasteiger partial charge in [0, 0.05) is 26.1 Å². The minimum Gasteiger partial charge on any atom is -0.370 e. The van der Waals surface area contributed by atoms with Crippen LogP contribution in [-0.2, 0) is 10.0 Å². The molecule has 2 fully saturated rings. The molecule has 1 amide bonds. The maximum atomic E-state index is 13.2. The molecule has 174 valence electrons. The third kappa shape index (κ3) is 4.34. The van der Waals surface area contributed by atoms with E-state index in [1.54, 1.807) is 6.07 Å². The average Bonchev–Trinajstić information content (AvgIpc) is 3.04. The molecule has 0 aliphatic carbocycles. The molecule has 0 aromatic heterocycles. The van der Waals surface area contributed by atoms with Gasteiger partial charge in [-0.3, -0.25) is 4.79 Å². The largest absolute Gasteiger partial charge is 0.370 e. The Balaban J connectivity index is 1.48. The Morgan fingerprint density at radius 3 is 2.48 bits per heavy atom. The minimum atomic E-state index is -3.90. The Labute approximate surface area is 199 Å². The monoisotopic (exact) mass is 486 g/mol. The molecule has 3 aliphatic heterocycles. The lowest BCUT2D eigenvalue weighted by atomic mass is 10.1. The highest BCUT2D eigenvalue weighted by molar-refractivity contribution is 7.90. The maximum Gasteiger partial charge on any atom is 0.286 e. The lowest BCUT2D eigenvalue weighted by molar-refractivity contribution is 0.102. The van der Waals surface area contributed by atoms with E-state index < -0.39 is 15.9 Å². The third-order valence-electron chi connectivity index (χ3n) is 6.53. The SMILES string of the molecule is O=C(Nc1ccccc1N1CCCCC1)c1cc2c(cc1Cl)N1CCCCCC1=NS2(=O)=O. The van der Waals surface area contributed by atoms with Gasteiger partial charge in [-0.1, -0.05) is 30.2 Å². The molecule has 33 heavy (non-hydrogen) atoms. The number of benzene rings is 2. The molecule has 0 atom stereocenters. The van der Waals surface area contributed by atoms with Crippen LogP contribution < -0.4 is 15.1 Å². The van der Waals surface area contributed by atoms with Gasteiger partial charge in [0.25, 0.3) is 15.9 Å². The van der Waals surface area contributed by atoms with Crippen molar-refractivity contribution in [1.29, 1.82) is 0 Å². The van der Waals surface area contributed by atoms with E-state index in [1.807, 2.05) is 29.2 Å². The number of sulfonamides is 1. The summed E-state index contributed by atoms with van der Waals surface area (Å²) in [5.74, 6) is 0.122. The van der Waals surface area contributed by atoms with Gasteiger partial charge < -0.3 is 15.1 Å². The van der Waals surface area contributed by atoms with Crippen LogP contribution in [-0.4, -0.2) is 39.8 Å². The third-order valence-corrected chi connectivity index (χ3v) is 8.18. The summed E-state index contributed by atoms with van der Waals surface area (Å²) in [6.45, 7) is 2.58. The normalized spacial score (nSPS) is 19.7. The molecule has 1 N–H and O–H groups in total. The molecule has 0 radical (unpaired) electrons. The Morgan fingerprint density at radius 2 is 1.67 bits per heavy atom. The van der Waals surface area contributed by atoms with E-state index in [-0.39, 0.29) is 15.5 Å². The van der Waals surface area contributed by atoms with Crippen molar-refractivity contribution in [3.05, 3.63) is 47.0 Å². The summed E-state index contributed by atoms with van der Waals surface area (Å²) in [5.41, 5.74) is 2.29. The average molecular weight is 487 g/mol. The second kappa shape index (κ2) is 8.99. The van der Waals surface area contributed by atoms with Crippen molar-refractivity contribution >= 4 is 50.4 Å². The van der Waals surface area contributed by atoms with Crippen LogP contribution in [0.1, 0.15) is 55.3 Å². The van der Waals surface area contributed by atoms with E-state index in [9.17, 15) is 13.2 Å². The summed E-state index contributed by atoms with van der Waals surface area (Å²) in [7, 11) is -3.90. The quantitative estimate of drug-likeness (QED) is 0.655. The molecule has 2 saturated heterocycles. The molecule has 3 heterocycles. The number of piperidine rings is 1. The Morgan fingerprint density at radius 1 is 0.939 bits per heavy atom. The topological polar surface area (TPSA) is 82.1 Å². The van der Waals surface area contributed by atoms with Crippen LogP contribution in [0.15, 0.2) is 45.7 Å². The highest BCUT2D eigenvalue weighted by atomic mass is 35.5. The lowest BCUT2D eigenvalue weighted by Crippen LogP contribution is -2.35. The zero-order chi connectivity index (χ0) is 23.0. The second-order valence-corrected chi connectivity index (χ2v) is 10.7. The summed E-state index contributed by atoms with van der Waals surface area (Å²) in [4.78, 5) is 17.5. The number of para-hydroxylation sites is 2. The van der Waals surface area contributed by atoms with Gasteiger partial charge in [0.1, 0.15) is 10.7 Å². The van der Waals surface area contributed by atoms with Crippen molar-refractivity contribution in [3.8, 4) is 0 Å². The van der Waals surface area contributed by atoms with Gasteiger partial charge in [-0.15, -0.1) is 4.40 Å². The van der Waals surface area contributed by atoms with Crippen LogP contribution in [0.5, 0.6) is 0 Å². The van der Waals surface area contributed by atoms with Gasteiger partial charge >= 0.3 is 0 Å². The number of nitrogens with one attached hydrogen (secondary N) is 1. The highest BCUT2D eigenvalue weighted by Crippen LogP contribution is 2.38. The van der Waals surface area contributed by atoms with Gasteiger partial charge in [-0.25, -0.2) is 0 Å². The van der Waals surface area contributed by atoms with Gasteiger partial charge in [0.05, 0.1) is 27.6 Å². The number of amides is 1. The van der Waals surface area contributed by atoms with Crippen molar-refractivity contribution < 1.29 is 13.2 Å². The first-order valence-corrected chi connectivity index (χ1v) is 13.4. The zero-order valence-corrected chi connectivity index (χ0v) is 20.0. The van der Waals surface area contributed by atoms with Crippen LogP contribution in [0.4, 0.5) is 17.1 Å². The Bertz CT molecular complexity index is 1220. The fraction of sp³-hybridized carbons (Fsp3) is 0.417. The lowest BCUT2D eigenvalue weighted by Gasteiger charge is -2.31. The predicted octanol–water partition coefficient (Wildman–Crippen LogP) is 5.06. The van der Waals surface area contributed by atoms with Gasteiger partial charge in [0.15, 0.2) is 0 Å². The van der Waals surface area contributed by atoms with Crippen molar-refractivity contribution in [2.24, 2.45) is 4.40 Å². The van der Waals surface area contributed by atoms with E-state index in [1.165, 1.54) is 12.5 Å². The van der Waals surface area contributed by atoms with E-state index in [0.29, 0.717) is 30.2 Å². The standard InChI is InChI=1S/C24H27ClN4O3S/c25-18-16-21-22(33(31,32)27-23-11-3-1-8-14-29(21)23)15-17(18)24(30)26-19-9-4-5-10-20(19)28-12-6-2-7-13-28/h4-5,9-10,15-16H,1-3,6-8,11-14H2,(H,26,30). The van der Waals surface area contributed by atoms with Crippen LogP contribution >= 0.6 is 11.6 Å². The Kier molecular flexibility index (Phi) is 6.05. The molecule has 3 aliphatic rings. The fourth-order valence-corrected chi connectivity index (χ4v) is 6.36. The summed E-state index contributed by atoms with van der Waals surface area (Å²) < 4.78 is 30.0. The molecule has 0 spiro atoms. The number of carbonyl (C=O) groups is 1. The summed E-state index contributed by atoms with van der Waals surface area (Å²) >= 11 is 6.54. The van der Waals surface area contributed by atoms with Crippen LogP contribution in [0.25, 0.3) is 0 Å². The zero-order valence-electron chi connectivity index (χ0n) is 18.4. The summed E-state index contributed by atoms with van der Waals surface area (Å²) in [6.07, 6.45) is 6.95. The number of amidine groups is 1. The van der Waals surface area contributed by atoms with E-state index in [4.69, 9.17) is 11.6 Å². The molecular formula is C24H27ClN4O3S. The number of hydrogen-bond acceptors (Lipinski definition) is 5. The summed E-state index contributed by atoms with van der Waals surface area (Å²) in [6, 6.07) is 10.7. The molecule has 9 heteroatoms. The molecule has 0 unspecified atom stereocenters. The number of rotatable bonds is 3. The van der Waals surface area contributed by atoms with Crippen LogP contribution in [0.3, 0.4) is 0 Å². The number of halogens is 1. The second-order valence-electron chi connectivity index (χ2n) is 8.76. The van der Waals surface area contributed by atoms with Crippen molar-refractivity contribution in [1.82, 2.24) is 0 Å². The van der Waals surface area contributed by atoms with Gasteiger partial charge in [0.2, 0.25) is 0 Å². The van der Waals surface area contributed by atoms with Crippen LogP contribution in [0.2, 0.25) is 5.02 Å². The fourth-order valence-electron chi connectivity index (χ4n) is 4.85. The Hall–Kier alpha value is -2.58. The molecule has 0 bridgehead atoms. The molecule has 2 aromatic rings. The predicted molar refractivity (Wildman–Crippen MR) is 132 cm³/mol. The van der Waals surface area contributed by atoms with Gasteiger partial charge in [-0.2, -0.15) is 8.42 Å². The number of anilines is 3. The first kappa shape index (κ1) is 22.2. The summed E-state index contributed by atoms with van der Waals surface area (Å²) in [5, 5.41) is 3.18. The van der Waals surface area contributed by atoms with Gasteiger partial charge in [-0.05, 0) is 56.4 Å². The minimum absolute atomic E-state index is 0.0343. The number of hydrogen-bond donors (Lipinski definition) is 1. The number of fused-ring (bicyclic) bond motifs is 3. The molecule has 5 rings (SSSR count). The molecule has 7 nitrogen and oxygen atoms in total. The number of nitrogens with zero attached hydrogens (tertiary/aromatic N) is 3. The molecular weight excluding hydrogens is 460 g/mol. The molecule has 0 saturated carbocycles. The first-order chi connectivity index (χ1) is 15.9. The van der Waals surface area contributed by atoms with Crippen molar-refractivity contribution in [2.45, 2.75) is 49.8 Å². The number of carbonyl (C=O) groups excluding carboxylic acids is 1. The first-order valence-electron chi connectivity index (χ1n) is 11.5. The van der Waals surface area contributed by atoms with E-state index in [2.05, 4.69) is 14.6 Å². The van der Waals surface area contributed by atoms with Crippen molar-refractivity contribution in [3.63, 3.8) is 0 Å². The maximum absolute atomic E-state index is 13.2. The van der Waals surface area contributed by atoms with Crippen LogP contribution in [0, 0.1) is 0 Å². The van der Waals surface area contributed by atoms with Crippen molar-refractivity contribution in [2.75, 3.05) is 34.8 Å². The van der Waals surface area contributed by atoms with E-state index in [0.717, 1.165) is 50.9 Å².